The van der Waals surface area contributed by atoms with Gasteiger partial charge < -0.3 is 23.5 Å². The van der Waals surface area contributed by atoms with Crippen molar-refractivity contribution in [1.29, 1.82) is 0 Å². The maximum Gasteiger partial charge on any atom is 0.412 e. The third kappa shape index (κ3) is 6.00. The molecule has 1 aliphatic carbocycles. The van der Waals surface area contributed by atoms with Gasteiger partial charge in [0.1, 0.15) is 12.3 Å². The van der Waals surface area contributed by atoms with Crippen molar-refractivity contribution in [3.63, 3.8) is 0 Å². The summed E-state index contributed by atoms with van der Waals surface area (Å²) in [6.07, 6.45) is -0.246. The van der Waals surface area contributed by atoms with Crippen LogP contribution in [0.15, 0.2) is 64.5 Å². The number of pyridine rings is 2. The Hall–Kier alpha value is -8.44. The highest BCUT2D eigenvalue weighted by Gasteiger charge is 2.51. The van der Waals surface area contributed by atoms with E-state index in [0.29, 0.717) is 45.4 Å². The molecule has 60 heavy (non-hydrogen) atoms. The zero-order valence-corrected chi connectivity index (χ0v) is 30.3. The summed E-state index contributed by atoms with van der Waals surface area (Å²) in [4.78, 5) is 105. The number of oxime groups is 1. The van der Waals surface area contributed by atoms with Gasteiger partial charge in [0.25, 0.3) is 34.8 Å². The lowest BCUT2D eigenvalue weighted by atomic mass is 9.85. The highest BCUT2D eigenvalue weighted by atomic mass is 16.7. The standard InChI is InChI=1S/C36H21BN7O16/c1-2-36(24-11-28-32-17(12-40(28)34(47)23(24)13-57-35(36)48)5-16-6-18(37-58-15-45)3-4-25(16)38-32)60-29(46)14-59-39-33-21-7-19(41(49)50)9-26(43(53)54)30(21)31-22(33)8-20(42(51)52)10-27(31)44(55)56/h3-11,15H,2,12-14H2,1H3/t36-/m0/s1. The van der Waals surface area contributed by atoms with Gasteiger partial charge >= 0.3 is 19.4 Å². The van der Waals surface area contributed by atoms with Gasteiger partial charge in [0.2, 0.25) is 12.2 Å². The lowest BCUT2D eigenvalue weighted by molar-refractivity contribution is -0.395. The van der Waals surface area contributed by atoms with E-state index < -0.39 is 107 Å². The van der Waals surface area contributed by atoms with Crippen molar-refractivity contribution in [1.82, 2.24) is 9.55 Å². The molecule has 2 aromatic heterocycles. The second-order valence-electron chi connectivity index (χ2n) is 13.4. The third-order valence-corrected chi connectivity index (χ3v) is 10.2. The van der Waals surface area contributed by atoms with Gasteiger partial charge in [-0.2, -0.15) is 0 Å². The zero-order chi connectivity index (χ0) is 42.8. The lowest BCUT2D eigenvalue weighted by Gasteiger charge is -2.35. The smallest absolute Gasteiger partial charge is 0.412 e. The number of cyclic esters (lactones) is 1. The van der Waals surface area contributed by atoms with E-state index in [-0.39, 0.29) is 30.6 Å². The summed E-state index contributed by atoms with van der Waals surface area (Å²) in [5.74, 6) is -2.29. The summed E-state index contributed by atoms with van der Waals surface area (Å²) in [6, 6.07) is 11.1. The molecule has 3 aromatic carbocycles. The molecule has 0 N–H and O–H groups in total. The number of esters is 2. The van der Waals surface area contributed by atoms with Crippen molar-refractivity contribution in [2.24, 2.45) is 5.16 Å². The molecule has 5 aromatic rings. The quantitative estimate of drug-likeness (QED) is 0.0562. The fourth-order valence-corrected chi connectivity index (χ4v) is 7.58. The number of fused-ring (bicyclic) bond motifs is 8. The summed E-state index contributed by atoms with van der Waals surface area (Å²) in [6.45, 7) is 0.295. The van der Waals surface area contributed by atoms with Crippen LogP contribution in [0, 0.1) is 40.5 Å². The molecule has 0 unspecified atom stereocenters. The van der Waals surface area contributed by atoms with Crippen LogP contribution in [-0.4, -0.2) is 67.5 Å². The molecule has 23 nitrogen and oxygen atoms in total. The molecule has 0 saturated heterocycles. The molecule has 0 saturated carbocycles. The molecule has 1 atom stereocenters. The van der Waals surface area contributed by atoms with Crippen LogP contribution in [0.4, 0.5) is 22.7 Å². The van der Waals surface area contributed by atoms with Crippen LogP contribution in [0.1, 0.15) is 41.2 Å². The number of aromatic nitrogens is 2. The minimum atomic E-state index is -2.20. The maximum absolute atomic E-state index is 14.0. The second-order valence-corrected chi connectivity index (χ2v) is 13.4. The summed E-state index contributed by atoms with van der Waals surface area (Å²) in [5, 5.41) is 52.2. The number of hydrogen-bond donors (Lipinski definition) is 0. The van der Waals surface area contributed by atoms with Gasteiger partial charge in [0.15, 0.2) is 0 Å². The van der Waals surface area contributed by atoms with E-state index in [4.69, 9.17) is 23.9 Å². The van der Waals surface area contributed by atoms with Gasteiger partial charge in [-0.25, -0.2) is 14.6 Å². The molecule has 0 fully saturated rings. The maximum atomic E-state index is 14.0. The summed E-state index contributed by atoms with van der Waals surface area (Å²) in [5.41, 5.74) is -6.31. The first kappa shape index (κ1) is 38.4. The summed E-state index contributed by atoms with van der Waals surface area (Å²) < 4.78 is 17.2. The van der Waals surface area contributed by atoms with Crippen LogP contribution in [0.2, 0.25) is 0 Å². The van der Waals surface area contributed by atoms with E-state index in [1.165, 1.54) is 25.0 Å². The Labute approximate surface area is 332 Å². The topological polar surface area (TPSA) is 308 Å². The number of carbonyl (C=O) groups excluding carboxylic acids is 3. The lowest BCUT2D eigenvalue weighted by Crippen LogP contribution is -2.48. The number of nitrogens with zero attached hydrogens (tertiary/aromatic N) is 7. The molecule has 1 radical (unpaired) electrons. The van der Waals surface area contributed by atoms with Gasteiger partial charge in [0.05, 0.1) is 72.0 Å². The van der Waals surface area contributed by atoms with Gasteiger partial charge in [0, 0.05) is 39.8 Å². The molecule has 24 heteroatoms. The van der Waals surface area contributed by atoms with Crippen molar-refractivity contribution in [2.75, 3.05) is 6.61 Å². The Kier molecular flexibility index (Phi) is 9.09. The fraction of sp³-hybridized carbons (Fsp3) is 0.167. The molecular weight excluding hydrogens is 797 g/mol. The Morgan fingerprint density at radius 3 is 2.17 bits per heavy atom. The Morgan fingerprint density at radius 2 is 1.58 bits per heavy atom. The zero-order valence-electron chi connectivity index (χ0n) is 30.3. The molecule has 4 heterocycles. The number of carbonyl (C=O) groups is 3. The van der Waals surface area contributed by atoms with Crippen molar-refractivity contribution < 1.29 is 53.0 Å². The highest BCUT2D eigenvalue weighted by Crippen LogP contribution is 2.50. The van der Waals surface area contributed by atoms with E-state index in [1.807, 2.05) is 6.07 Å². The number of nitro benzene ring substituents is 4. The van der Waals surface area contributed by atoms with E-state index in [9.17, 15) is 59.6 Å². The molecule has 0 bridgehead atoms. The van der Waals surface area contributed by atoms with Crippen LogP contribution in [-0.2, 0) is 52.1 Å². The Morgan fingerprint density at radius 1 is 0.933 bits per heavy atom. The SMILES string of the molecule is CC[C@@]1(OC(=O)CON=C2c3cc([N+](=O)[O-])cc([N+](=O)[O-])c3-c3c2cc([N+](=O)[O-])cc3[N+](=O)[O-])C(=O)OCc2c1cc1n(c2=O)Cc2cc3cc([B]OC=O)ccc3nc2-1. The molecular formula is C36H21BN7O16. The van der Waals surface area contributed by atoms with Crippen LogP contribution in [0.25, 0.3) is 33.4 Å². The van der Waals surface area contributed by atoms with Crippen molar-refractivity contribution in [3.05, 3.63) is 133 Å². The first-order chi connectivity index (χ1) is 28.7. The molecule has 0 spiro atoms. The van der Waals surface area contributed by atoms with Gasteiger partial charge in [-0.3, -0.25) is 50.0 Å². The third-order valence-electron chi connectivity index (χ3n) is 10.2. The van der Waals surface area contributed by atoms with Gasteiger partial charge in [-0.05, 0) is 30.1 Å². The van der Waals surface area contributed by atoms with E-state index >= 15 is 0 Å². The predicted molar refractivity (Wildman–Crippen MR) is 201 cm³/mol. The largest absolute Gasteiger partial charge is 0.535 e. The first-order valence-electron chi connectivity index (χ1n) is 17.3. The minimum absolute atomic E-state index is 0.0139. The molecule has 0 amide bonds. The fourth-order valence-electron chi connectivity index (χ4n) is 7.58. The second kappa shape index (κ2) is 14.2. The van der Waals surface area contributed by atoms with E-state index in [1.54, 1.807) is 18.2 Å². The average Bonchev–Trinajstić information content (AvgIpc) is 3.74. The number of non-ortho nitro benzene ring substituents is 2. The van der Waals surface area contributed by atoms with Crippen molar-refractivity contribution in [3.8, 4) is 22.5 Å². The van der Waals surface area contributed by atoms with Crippen LogP contribution < -0.4 is 11.0 Å². The Balaban J connectivity index is 1.15. The van der Waals surface area contributed by atoms with Gasteiger partial charge in [-0.15, -0.1) is 0 Å². The predicted octanol–water partition coefficient (Wildman–Crippen LogP) is 3.13. The number of rotatable bonds is 12. The van der Waals surface area contributed by atoms with Crippen LogP contribution in [0.3, 0.4) is 0 Å². The van der Waals surface area contributed by atoms with Crippen molar-refractivity contribution >= 4 is 70.7 Å². The first-order valence-corrected chi connectivity index (χ1v) is 17.3. The minimum Gasteiger partial charge on any atom is -0.535 e. The number of benzene rings is 3. The summed E-state index contributed by atoms with van der Waals surface area (Å²) >= 11 is 0. The number of ether oxygens (including phenoxy) is 2. The molecule has 2 aliphatic heterocycles. The van der Waals surface area contributed by atoms with Gasteiger partial charge in [-0.1, -0.05) is 24.2 Å². The Bertz CT molecular complexity index is 2870. The molecule has 299 valence electrons. The molecule has 3 aliphatic rings. The normalized spacial score (nSPS) is 15.3. The number of nitro groups is 4. The van der Waals surface area contributed by atoms with Crippen LogP contribution >= 0.6 is 0 Å². The monoisotopic (exact) mass is 818 g/mol. The number of hydrogen-bond acceptors (Lipinski definition) is 18. The van der Waals surface area contributed by atoms with E-state index in [0.717, 1.165) is 12.1 Å². The molecule has 8 rings (SSSR count). The van der Waals surface area contributed by atoms with E-state index in [2.05, 4.69) is 5.16 Å². The van der Waals surface area contributed by atoms with Crippen LogP contribution in [0.5, 0.6) is 0 Å². The highest BCUT2D eigenvalue weighted by molar-refractivity contribution is 6.48. The van der Waals surface area contributed by atoms with Crippen molar-refractivity contribution in [2.45, 2.75) is 32.1 Å². The average molecular weight is 818 g/mol. The summed E-state index contributed by atoms with van der Waals surface area (Å²) in [7, 11) is 1.25.